The van der Waals surface area contributed by atoms with Crippen LogP contribution < -0.4 is 16.8 Å². The molecule has 0 amide bonds. The molecule has 0 spiro atoms. The summed E-state index contributed by atoms with van der Waals surface area (Å²) in [6.45, 7) is 0.957. The molecular formula is C6H16MnN3. The minimum absolute atomic E-state index is 0.957. The predicted octanol–water partition coefficient (Wildman–Crippen LogP) is 0.480. The fraction of sp³-hybridized carbons (Fsp3) is 1.00. The summed E-state index contributed by atoms with van der Waals surface area (Å²) >= 11 is 3.38. The molecule has 0 unspecified atom stereocenters. The molecule has 0 radical (unpaired) electrons. The number of rotatable bonds is 7. The average Bonchev–Trinajstić information content (AvgIpc) is 1.97. The van der Waals surface area contributed by atoms with E-state index in [1.54, 1.807) is 0 Å². The van der Waals surface area contributed by atoms with Gasteiger partial charge in [0.2, 0.25) is 0 Å². The average molecular weight is 185 g/mol. The Morgan fingerprint density at radius 1 is 1.10 bits per heavy atom. The zero-order valence-corrected chi connectivity index (χ0v) is 7.38. The predicted molar refractivity (Wildman–Crippen MR) is 38.6 cm³/mol. The summed E-state index contributed by atoms with van der Waals surface area (Å²) in [6.07, 6.45) is 5.05. The Kier molecular flexibility index (Phi) is 9.77. The second-order valence-electron chi connectivity index (χ2n) is 2.17. The van der Waals surface area contributed by atoms with E-state index in [9.17, 15) is 0 Å². The van der Waals surface area contributed by atoms with E-state index in [2.05, 4.69) is 27.0 Å². The molecule has 0 saturated heterocycles. The Bertz CT molecular complexity index is 53.0. The molecule has 3 nitrogen and oxygen atoms in total. The molecule has 0 heterocycles. The molecule has 10 heavy (non-hydrogen) atoms. The third-order valence-corrected chi connectivity index (χ3v) is 1.70. The van der Waals surface area contributed by atoms with Crippen LogP contribution >= 0.6 is 0 Å². The van der Waals surface area contributed by atoms with E-state index < -0.39 is 0 Å². The van der Waals surface area contributed by atoms with E-state index in [-0.39, 0.29) is 0 Å². The molecule has 0 fully saturated rings. The van der Waals surface area contributed by atoms with Crippen molar-refractivity contribution in [2.75, 3.05) is 6.54 Å². The quantitative estimate of drug-likeness (QED) is 0.234. The van der Waals surface area contributed by atoms with E-state index >= 15 is 0 Å². The fourth-order valence-electron chi connectivity index (χ4n) is 0.734. The molecular weight excluding hydrogens is 169 g/mol. The summed E-state index contributed by atoms with van der Waals surface area (Å²) in [5.41, 5.74) is 5.24. The van der Waals surface area contributed by atoms with Crippen LogP contribution in [0.3, 0.4) is 0 Å². The van der Waals surface area contributed by atoms with Crippen molar-refractivity contribution in [1.29, 1.82) is 0 Å². The van der Waals surface area contributed by atoms with Gasteiger partial charge in [-0.3, -0.25) is 0 Å². The molecule has 0 rings (SSSR count). The van der Waals surface area contributed by atoms with Gasteiger partial charge >= 0.3 is 70.4 Å². The number of hydrogen-bond acceptors (Lipinski definition) is 3. The Morgan fingerprint density at radius 2 is 1.80 bits per heavy atom. The third kappa shape index (κ3) is 8.40. The van der Waals surface area contributed by atoms with Gasteiger partial charge in [-0.15, -0.1) is 0 Å². The van der Waals surface area contributed by atoms with Crippen LogP contribution in [-0.2, 0) is 16.0 Å². The summed E-state index contributed by atoms with van der Waals surface area (Å²) in [7, 11) is 0. The summed E-state index contributed by atoms with van der Waals surface area (Å²) in [6, 6.07) is 0. The zero-order chi connectivity index (χ0) is 7.66. The van der Waals surface area contributed by atoms with Crippen LogP contribution in [-0.4, -0.2) is 6.54 Å². The fourth-order valence-corrected chi connectivity index (χ4v) is 1.03. The molecule has 0 aromatic rings. The van der Waals surface area contributed by atoms with Gasteiger partial charge in [0.05, 0.1) is 0 Å². The molecule has 62 valence electrons. The van der Waals surface area contributed by atoms with Gasteiger partial charge in [-0.2, -0.15) is 0 Å². The Labute approximate surface area is 70.9 Å². The maximum absolute atomic E-state index is 5.00. The normalized spacial score (nSPS) is 10.2. The Morgan fingerprint density at radius 3 is 2.40 bits per heavy atom. The van der Waals surface area contributed by atoms with Crippen LogP contribution in [0.25, 0.3) is 0 Å². The van der Waals surface area contributed by atoms with Crippen LogP contribution in [0.4, 0.5) is 0 Å². The number of unbranched alkanes of at least 4 members (excludes halogenated alkanes) is 3. The van der Waals surface area contributed by atoms with Crippen LogP contribution in [0.5, 0.6) is 0 Å². The van der Waals surface area contributed by atoms with Gasteiger partial charge in [0, 0.05) is 0 Å². The number of nitrogens with one attached hydrogen (secondary N) is 2. The summed E-state index contributed by atoms with van der Waals surface area (Å²) in [4.78, 5) is 0. The van der Waals surface area contributed by atoms with Gasteiger partial charge in [-0.05, 0) is 0 Å². The minimum atomic E-state index is 0.957. The van der Waals surface area contributed by atoms with Crippen LogP contribution in [0.15, 0.2) is 0 Å². The number of nitrogens with two attached hydrogens (primary N) is 1. The van der Waals surface area contributed by atoms with Crippen molar-refractivity contribution in [3.8, 4) is 0 Å². The van der Waals surface area contributed by atoms with Gasteiger partial charge in [-0.25, -0.2) is 0 Å². The van der Waals surface area contributed by atoms with Gasteiger partial charge in [0.1, 0.15) is 0 Å². The first-order valence-corrected chi connectivity index (χ1v) is 4.49. The van der Waals surface area contributed by atoms with E-state index in [1.165, 1.54) is 25.7 Å². The summed E-state index contributed by atoms with van der Waals surface area (Å²) < 4.78 is 0. The molecule has 0 atom stereocenters. The van der Waals surface area contributed by atoms with Gasteiger partial charge in [-0.1, -0.05) is 0 Å². The van der Waals surface area contributed by atoms with Crippen molar-refractivity contribution in [3.05, 3.63) is 0 Å². The van der Waals surface area contributed by atoms with Crippen molar-refractivity contribution >= 4 is 0 Å². The first-order valence-electron chi connectivity index (χ1n) is 3.66. The zero-order valence-electron chi connectivity index (χ0n) is 6.20. The number of hydrazine groups is 2. The van der Waals surface area contributed by atoms with E-state index in [0.717, 1.165) is 11.9 Å². The first kappa shape index (κ1) is 10.4. The Balaban J connectivity index is 2.65. The maximum atomic E-state index is 5.00. The molecule has 0 aliphatic heterocycles. The summed E-state index contributed by atoms with van der Waals surface area (Å²) in [5.74, 6) is 5.00. The van der Waals surface area contributed by atoms with Crippen molar-refractivity contribution in [2.24, 2.45) is 5.84 Å². The first-order chi connectivity index (χ1) is 4.91. The van der Waals surface area contributed by atoms with Crippen LogP contribution in [0.2, 0.25) is 5.32 Å². The van der Waals surface area contributed by atoms with Crippen LogP contribution in [0, 0.1) is 0 Å². The second-order valence-corrected chi connectivity index (χ2v) is 2.76. The van der Waals surface area contributed by atoms with Crippen LogP contribution in [0.1, 0.15) is 25.7 Å². The van der Waals surface area contributed by atoms with Crippen molar-refractivity contribution in [2.45, 2.75) is 31.0 Å². The van der Waals surface area contributed by atoms with Gasteiger partial charge in [0.25, 0.3) is 0 Å². The molecule has 0 aliphatic rings. The van der Waals surface area contributed by atoms with Crippen molar-refractivity contribution < 1.29 is 16.0 Å². The monoisotopic (exact) mass is 185 g/mol. The van der Waals surface area contributed by atoms with Gasteiger partial charge in [0.15, 0.2) is 0 Å². The molecule has 4 heteroatoms. The van der Waals surface area contributed by atoms with Crippen molar-refractivity contribution in [1.82, 2.24) is 11.0 Å². The third-order valence-electron chi connectivity index (χ3n) is 1.29. The van der Waals surface area contributed by atoms with Gasteiger partial charge < -0.3 is 0 Å². The Hall–Kier alpha value is 0.399. The van der Waals surface area contributed by atoms with Crippen molar-refractivity contribution in [3.63, 3.8) is 0 Å². The molecule has 0 bridgehead atoms. The topological polar surface area (TPSA) is 50.1 Å². The van der Waals surface area contributed by atoms with E-state index in [1.807, 2.05) is 0 Å². The summed E-state index contributed by atoms with van der Waals surface area (Å²) in [5, 5.41) is 1.12. The number of hydrogen-bond donors (Lipinski definition) is 3. The SMILES string of the molecule is NNNCCCCC[CH2][Mn]. The molecule has 0 saturated carbocycles. The molecule has 0 aromatic heterocycles. The molecule has 0 aromatic carbocycles. The second kappa shape index (κ2) is 9.40. The molecule has 0 aliphatic carbocycles. The standard InChI is InChI=1S/C6H16N3.Mn/c1-2-3-4-5-6-8-9-7;/h8-9H,1-7H2;. The van der Waals surface area contributed by atoms with E-state index in [4.69, 9.17) is 5.84 Å². The molecule has 4 N–H and O–H groups in total. The van der Waals surface area contributed by atoms with E-state index in [0.29, 0.717) is 0 Å².